The predicted molar refractivity (Wildman–Crippen MR) is 90.3 cm³/mol. The fraction of sp³-hybridized carbons (Fsp3) is 0.333. The number of benzene rings is 2. The van der Waals surface area contributed by atoms with Gasteiger partial charge in [-0.3, -0.25) is 0 Å². The minimum Gasteiger partial charge on any atom is -0.307 e. The van der Waals surface area contributed by atoms with Crippen LogP contribution in [0.15, 0.2) is 40.9 Å². The number of nitrogens with one attached hydrogen (secondary N) is 1. The number of halogens is 1. The van der Waals surface area contributed by atoms with E-state index in [4.69, 9.17) is 0 Å². The van der Waals surface area contributed by atoms with Crippen LogP contribution in [0.3, 0.4) is 0 Å². The van der Waals surface area contributed by atoms with Crippen molar-refractivity contribution in [1.82, 2.24) is 5.32 Å². The third kappa shape index (κ3) is 3.13. The van der Waals surface area contributed by atoms with E-state index in [0.29, 0.717) is 0 Å². The van der Waals surface area contributed by atoms with Crippen LogP contribution in [0, 0.1) is 20.8 Å². The lowest BCUT2D eigenvalue weighted by atomic mass is 9.90. The normalized spacial score (nSPS) is 12.4. The zero-order chi connectivity index (χ0) is 14.7. The predicted octanol–water partition coefficient (Wildman–Crippen LogP) is 5.07. The smallest absolute Gasteiger partial charge is 0.0582 e. The van der Waals surface area contributed by atoms with Crippen LogP contribution in [0.5, 0.6) is 0 Å². The molecule has 0 heterocycles. The molecule has 2 heteroatoms. The Morgan fingerprint density at radius 3 is 2.45 bits per heavy atom. The van der Waals surface area contributed by atoms with Crippen LogP contribution in [0.25, 0.3) is 0 Å². The molecule has 2 rings (SSSR count). The first kappa shape index (κ1) is 15.3. The van der Waals surface area contributed by atoms with Gasteiger partial charge < -0.3 is 5.32 Å². The Balaban J connectivity index is 2.56. The summed E-state index contributed by atoms with van der Waals surface area (Å²) in [6, 6.07) is 13.3. The minimum atomic E-state index is 0.248. The highest BCUT2D eigenvalue weighted by atomic mass is 79.9. The molecule has 0 saturated heterocycles. The highest BCUT2D eigenvalue weighted by Gasteiger charge is 2.17. The van der Waals surface area contributed by atoms with Crippen molar-refractivity contribution in [2.75, 3.05) is 6.54 Å². The van der Waals surface area contributed by atoms with Crippen LogP contribution >= 0.6 is 15.9 Å². The maximum Gasteiger partial charge on any atom is 0.0582 e. The van der Waals surface area contributed by atoms with E-state index in [2.05, 4.69) is 85.3 Å². The van der Waals surface area contributed by atoms with E-state index >= 15 is 0 Å². The average Bonchev–Trinajstić information content (AvgIpc) is 2.43. The van der Waals surface area contributed by atoms with E-state index < -0.39 is 0 Å². The molecule has 1 atom stereocenters. The Morgan fingerprint density at radius 2 is 1.75 bits per heavy atom. The molecule has 2 aromatic rings. The van der Waals surface area contributed by atoms with Crippen LogP contribution in [0.4, 0.5) is 0 Å². The van der Waals surface area contributed by atoms with Crippen molar-refractivity contribution in [3.05, 3.63) is 68.7 Å². The number of rotatable bonds is 4. The molecule has 0 aromatic heterocycles. The van der Waals surface area contributed by atoms with Gasteiger partial charge in [0.2, 0.25) is 0 Å². The van der Waals surface area contributed by atoms with Crippen molar-refractivity contribution in [1.29, 1.82) is 0 Å². The van der Waals surface area contributed by atoms with Crippen molar-refractivity contribution in [2.45, 2.75) is 33.7 Å². The van der Waals surface area contributed by atoms with Gasteiger partial charge in [-0.1, -0.05) is 47.1 Å². The molecule has 1 nitrogen and oxygen atoms in total. The number of hydrogen-bond acceptors (Lipinski definition) is 1. The fourth-order valence-corrected chi connectivity index (χ4v) is 2.98. The molecule has 20 heavy (non-hydrogen) atoms. The van der Waals surface area contributed by atoms with Gasteiger partial charge in [-0.05, 0) is 67.3 Å². The summed E-state index contributed by atoms with van der Waals surface area (Å²) in [6.45, 7) is 9.67. The number of aryl methyl sites for hydroxylation is 2. The summed E-state index contributed by atoms with van der Waals surface area (Å²) in [5.41, 5.74) is 6.75. The Bertz CT molecular complexity index is 602. The molecule has 2 aromatic carbocycles. The van der Waals surface area contributed by atoms with Crippen molar-refractivity contribution in [3.63, 3.8) is 0 Å². The largest absolute Gasteiger partial charge is 0.307 e. The molecular weight excluding hydrogens is 310 g/mol. The van der Waals surface area contributed by atoms with Gasteiger partial charge in [0, 0.05) is 4.47 Å². The lowest BCUT2D eigenvalue weighted by molar-refractivity contribution is 0.624. The van der Waals surface area contributed by atoms with Crippen molar-refractivity contribution in [3.8, 4) is 0 Å². The van der Waals surface area contributed by atoms with Gasteiger partial charge in [-0.25, -0.2) is 0 Å². The van der Waals surface area contributed by atoms with Crippen LogP contribution in [-0.4, -0.2) is 6.54 Å². The molecule has 0 aliphatic rings. The van der Waals surface area contributed by atoms with Crippen LogP contribution in [-0.2, 0) is 0 Å². The molecule has 0 radical (unpaired) electrons. The van der Waals surface area contributed by atoms with E-state index in [1.807, 2.05) is 0 Å². The zero-order valence-electron chi connectivity index (χ0n) is 12.6. The maximum atomic E-state index is 3.63. The molecule has 1 N–H and O–H groups in total. The van der Waals surface area contributed by atoms with Gasteiger partial charge in [-0.15, -0.1) is 0 Å². The average molecular weight is 332 g/mol. The third-order valence-corrected chi connectivity index (χ3v) is 4.41. The zero-order valence-corrected chi connectivity index (χ0v) is 14.2. The highest BCUT2D eigenvalue weighted by molar-refractivity contribution is 9.10. The standard InChI is InChI=1S/C18H22BrN/c1-5-20-18(16-8-6-7-12(2)14(16)4)17-11-15(19)10-9-13(17)3/h6-11,18,20H,5H2,1-4H3. The second-order valence-corrected chi connectivity index (χ2v) is 6.20. The summed E-state index contributed by atoms with van der Waals surface area (Å²) in [4.78, 5) is 0. The molecule has 0 aliphatic heterocycles. The molecule has 0 fully saturated rings. The monoisotopic (exact) mass is 331 g/mol. The summed E-state index contributed by atoms with van der Waals surface area (Å²) < 4.78 is 1.13. The quantitative estimate of drug-likeness (QED) is 0.824. The van der Waals surface area contributed by atoms with Crippen LogP contribution < -0.4 is 5.32 Å². The van der Waals surface area contributed by atoms with Gasteiger partial charge in [0.15, 0.2) is 0 Å². The van der Waals surface area contributed by atoms with Gasteiger partial charge in [-0.2, -0.15) is 0 Å². The van der Waals surface area contributed by atoms with E-state index in [1.54, 1.807) is 0 Å². The molecular formula is C18H22BrN. The molecule has 0 amide bonds. The molecule has 1 unspecified atom stereocenters. The van der Waals surface area contributed by atoms with Crippen molar-refractivity contribution < 1.29 is 0 Å². The molecule has 0 spiro atoms. The summed E-state index contributed by atoms with van der Waals surface area (Å²) >= 11 is 3.59. The minimum absolute atomic E-state index is 0.248. The molecule has 106 valence electrons. The topological polar surface area (TPSA) is 12.0 Å². The van der Waals surface area contributed by atoms with Crippen LogP contribution in [0.2, 0.25) is 0 Å². The molecule has 0 saturated carbocycles. The summed E-state index contributed by atoms with van der Waals surface area (Å²) in [5, 5.41) is 3.63. The first-order valence-electron chi connectivity index (χ1n) is 7.10. The Hall–Kier alpha value is -1.12. The SMILES string of the molecule is CCNC(c1cc(Br)ccc1C)c1cccc(C)c1C. The highest BCUT2D eigenvalue weighted by Crippen LogP contribution is 2.30. The van der Waals surface area contributed by atoms with E-state index in [-0.39, 0.29) is 6.04 Å². The van der Waals surface area contributed by atoms with E-state index in [9.17, 15) is 0 Å². The van der Waals surface area contributed by atoms with Crippen molar-refractivity contribution in [2.24, 2.45) is 0 Å². The lowest BCUT2D eigenvalue weighted by Crippen LogP contribution is -2.23. The second kappa shape index (κ2) is 6.55. The Morgan fingerprint density at radius 1 is 1.00 bits per heavy atom. The summed E-state index contributed by atoms with van der Waals surface area (Å²) in [5.74, 6) is 0. The Labute approximate surface area is 130 Å². The maximum absolute atomic E-state index is 3.63. The molecule has 0 aliphatic carbocycles. The van der Waals surface area contributed by atoms with Gasteiger partial charge in [0.05, 0.1) is 6.04 Å². The summed E-state index contributed by atoms with van der Waals surface area (Å²) in [7, 11) is 0. The van der Waals surface area contributed by atoms with Gasteiger partial charge >= 0.3 is 0 Å². The van der Waals surface area contributed by atoms with E-state index in [1.165, 1.54) is 27.8 Å². The van der Waals surface area contributed by atoms with E-state index in [0.717, 1.165) is 11.0 Å². The fourth-order valence-electron chi connectivity index (χ4n) is 2.60. The van der Waals surface area contributed by atoms with Gasteiger partial charge in [0.1, 0.15) is 0 Å². The number of hydrogen-bond donors (Lipinski definition) is 1. The molecule has 0 bridgehead atoms. The third-order valence-electron chi connectivity index (χ3n) is 3.92. The summed E-state index contributed by atoms with van der Waals surface area (Å²) in [6.07, 6.45) is 0. The first-order chi connectivity index (χ1) is 9.54. The second-order valence-electron chi connectivity index (χ2n) is 5.28. The lowest BCUT2D eigenvalue weighted by Gasteiger charge is -2.24. The van der Waals surface area contributed by atoms with Crippen LogP contribution in [0.1, 0.15) is 40.8 Å². The Kier molecular flexibility index (Phi) is 5.00. The van der Waals surface area contributed by atoms with Gasteiger partial charge in [0.25, 0.3) is 0 Å². The first-order valence-corrected chi connectivity index (χ1v) is 7.89. The van der Waals surface area contributed by atoms with Crippen molar-refractivity contribution >= 4 is 15.9 Å².